The number of rotatable bonds is 6. The molecule has 266 valence electrons. The number of aromatic nitrogens is 4. The Labute approximate surface area is 329 Å². The van der Waals surface area contributed by atoms with Gasteiger partial charge in [-0.25, -0.2) is 15.0 Å². The highest BCUT2D eigenvalue weighted by molar-refractivity contribution is 6.26. The lowest BCUT2D eigenvalue weighted by Crippen LogP contribution is -2.01. The number of ketones is 1. The molecule has 2 heterocycles. The van der Waals surface area contributed by atoms with Crippen LogP contribution in [0.5, 0.6) is 0 Å². The summed E-state index contributed by atoms with van der Waals surface area (Å²) in [5, 5.41) is 2.45. The Hall–Kier alpha value is -7.76. The van der Waals surface area contributed by atoms with Gasteiger partial charge in [0.15, 0.2) is 23.3 Å². The van der Waals surface area contributed by atoms with Crippen molar-refractivity contribution in [1.29, 1.82) is 0 Å². The number of hydrogen-bond acceptors (Lipinski definition) is 4. The summed E-state index contributed by atoms with van der Waals surface area (Å²) in [4.78, 5) is 29.1. The molecule has 0 spiro atoms. The lowest BCUT2D eigenvalue weighted by Gasteiger charge is -2.16. The Morgan fingerprint density at radius 3 is 1.33 bits per heavy atom. The molecule has 2 aromatic heterocycles. The summed E-state index contributed by atoms with van der Waals surface area (Å²) in [6.45, 7) is 0. The number of nitrogens with zero attached hydrogens (tertiary/aromatic N) is 4. The van der Waals surface area contributed by atoms with Crippen LogP contribution in [0.2, 0.25) is 0 Å². The standard InChI is InChI=1S/C52H32N4O/c57-49-44-20-8-7-17-40(44)43-32-31-39(33-27-29-38(30-28-33)56-45-21-11-9-18-41(45)42-19-10-12-22-46(42)56)47(48(43)49)34-23-25-37(26-24-34)52-54-50(35-13-3-1-4-14-35)53-51(55-52)36-15-5-2-6-16-36/h1-32H. The van der Waals surface area contributed by atoms with Crippen molar-refractivity contribution < 1.29 is 4.79 Å². The van der Waals surface area contributed by atoms with Crippen molar-refractivity contribution in [2.24, 2.45) is 0 Å². The molecule has 0 saturated heterocycles. The molecule has 0 amide bonds. The van der Waals surface area contributed by atoms with E-state index in [-0.39, 0.29) is 5.78 Å². The normalized spacial score (nSPS) is 11.9. The third kappa shape index (κ3) is 5.40. The predicted molar refractivity (Wildman–Crippen MR) is 230 cm³/mol. The molecule has 0 fully saturated rings. The minimum absolute atomic E-state index is 0.0425. The van der Waals surface area contributed by atoms with Crippen LogP contribution < -0.4 is 0 Å². The van der Waals surface area contributed by atoms with Crippen molar-refractivity contribution in [3.63, 3.8) is 0 Å². The average Bonchev–Trinajstić information content (AvgIpc) is 3.78. The van der Waals surface area contributed by atoms with E-state index in [2.05, 4.69) is 114 Å². The van der Waals surface area contributed by atoms with Gasteiger partial charge in [-0.1, -0.05) is 170 Å². The summed E-state index contributed by atoms with van der Waals surface area (Å²) < 4.78 is 2.32. The molecule has 1 aliphatic carbocycles. The van der Waals surface area contributed by atoms with Gasteiger partial charge in [0.2, 0.25) is 0 Å². The fourth-order valence-electron chi connectivity index (χ4n) is 8.37. The summed E-state index contributed by atoms with van der Waals surface area (Å²) in [5.41, 5.74) is 13.4. The van der Waals surface area contributed by atoms with Crippen molar-refractivity contribution in [2.45, 2.75) is 0 Å². The predicted octanol–water partition coefficient (Wildman–Crippen LogP) is 12.5. The zero-order valence-electron chi connectivity index (χ0n) is 30.7. The first-order valence-electron chi connectivity index (χ1n) is 19.1. The van der Waals surface area contributed by atoms with Gasteiger partial charge in [-0.05, 0) is 52.1 Å². The quantitative estimate of drug-likeness (QED) is 0.171. The number of hydrogen-bond donors (Lipinski definition) is 0. The summed E-state index contributed by atoms with van der Waals surface area (Å²) >= 11 is 0. The van der Waals surface area contributed by atoms with E-state index in [1.165, 1.54) is 10.8 Å². The molecule has 57 heavy (non-hydrogen) atoms. The topological polar surface area (TPSA) is 60.7 Å². The van der Waals surface area contributed by atoms with E-state index in [1.54, 1.807) is 0 Å². The maximum Gasteiger partial charge on any atom is 0.194 e. The molecule has 0 aliphatic heterocycles. The maximum atomic E-state index is 14.3. The number of carbonyl (C=O) groups is 1. The number of fused-ring (bicyclic) bond motifs is 6. The third-order valence-corrected chi connectivity index (χ3v) is 11.0. The second kappa shape index (κ2) is 13.2. The number of benzene rings is 8. The summed E-state index contributed by atoms with van der Waals surface area (Å²) in [5.74, 6) is 1.84. The van der Waals surface area contributed by atoms with Crippen molar-refractivity contribution in [1.82, 2.24) is 19.5 Å². The van der Waals surface area contributed by atoms with E-state index < -0.39 is 0 Å². The lowest BCUT2D eigenvalue weighted by atomic mass is 9.87. The fraction of sp³-hybridized carbons (Fsp3) is 0. The highest BCUT2D eigenvalue weighted by Gasteiger charge is 2.31. The van der Waals surface area contributed by atoms with Crippen LogP contribution in [0.25, 0.3) is 95.0 Å². The van der Waals surface area contributed by atoms with Crippen molar-refractivity contribution in [2.75, 3.05) is 0 Å². The average molecular weight is 729 g/mol. The molecule has 8 aromatic carbocycles. The molecular formula is C52H32N4O. The van der Waals surface area contributed by atoms with Crippen LogP contribution in [0, 0.1) is 0 Å². The van der Waals surface area contributed by atoms with Crippen LogP contribution >= 0.6 is 0 Å². The van der Waals surface area contributed by atoms with Crippen LogP contribution in [0.3, 0.4) is 0 Å². The highest BCUT2D eigenvalue weighted by Crippen LogP contribution is 2.46. The summed E-state index contributed by atoms with van der Waals surface area (Å²) in [7, 11) is 0. The molecule has 5 nitrogen and oxygen atoms in total. The van der Waals surface area contributed by atoms with Crippen LogP contribution in [0.4, 0.5) is 0 Å². The largest absolute Gasteiger partial charge is 0.309 e. The van der Waals surface area contributed by atoms with E-state index in [9.17, 15) is 4.79 Å². The van der Waals surface area contributed by atoms with Crippen LogP contribution in [0.15, 0.2) is 194 Å². The van der Waals surface area contributed by atoms with Gasteiger partial charge in [0.1, 0.15) is 0 Å². The van der Waals surface area contributed by atoms with Gasteiger partial charge >= 0.3 is 0 Å². The molecule has 1 aliphatic rings. The molecule has 11 rings (SSSR count). The monoisotopic (exact) mass is 728 g/mol. The van der Waals surface area contributed by atoms with Crippen LogP contribution in [-0.4, -0.2) is 25.3 Å². The van der Waals surface area contributed by atoms with E-state index in [1.807, 2.05) is 84.9 Å². The first-order chi connectivity index (χ1) is 28.2. The van der Waals surface area contributed by atoms with Gasteiger partial charge in [-0.15, -0.1) is 0 Å². The molecule has 0 unspecified atom stereocenters. The minimum Gasteiger partial charge on any atom is -0.309 e. The SMILES string of the molecule is O=C1c2ccccc2-c2ccc(-c3ccc(-n4c5ccccc5c5ccccc54)cc3)c(-c3ccc(-c4nc(-c5ccccc5)nc(-c5ccccc5)n4)cc3)c21. The molecule has 10 aromatic rings. The highest BCUT2D eigenvalue weighted by atomic mass is 16.1. The van der Waals surface area contributed by atoms with Crippen LogP contribution in [-0.2, 0) is 0 Å². The Balaban J connectivity index is 1.05. The van der Waals surface area contributed by atoms with Crippen LogP contribution in [0.1, 0.15) is 15.9 Å². The van der Waals surface area contributed by atoms with Gasteiger partial charge in [0, 0.05) is 49.8 Å². The van der Waals surface area contributed by atoms with E-state index >= 15 is 0 Å². The Kier molecular flexibility index (Phi) is 7.57. The zero-order chi connectivity index (χ0) is 37.9. The van der Waals surface area contributed by atoms with Gasteiger partial charge < -0.3 is 4.57 Å². The Bertz CT molecular complexity index is 3060. The van der Waals surface area contributed by atoms with Crippen molar-refractivity contribution in [3.05, 3.63) is 205 Å². The van der Waals surface area contributed by atoms with Gasteiger partial charge in [0.05, 0.1) is 11.0 Å². The molecule has 0 saturated carbocycles. The van der Waals surface area contributed by atoms with Crippen molar-refractivity contribution in [3.8, 4) is 73.2 Å². The second-order valence-electron chi connectivity index (χ2n) is 14.3. The fourth-order valence-corrected chi connectivity index (χ4v) is 8.37. The smallest absolute Gasteiger partial charge is 0.194 e. The minimum atomic E-state index is 0.0425. The van der Waals surface area contributed by atoms with E-state index in [0.29, 0.717) is 17.5 Å². The van der Waals surface area contributed by atoms with E-state index in [0.717, 1.165) is 77.9 Å². The first kappa shape index (κ1) is 32.7. The number of para-hydroxylation sites is 2. The summed E-state index contributed by atoms with van der Waals surface area (Å²) in [6.07, 6.45) is 0. The Morgan fingerprint density at radius 1 is 0.316 bits per heavy atom. The first-order valence-corrected chi connectivity index (χ1v) is 19.1. The molecular weight excluding hydrogens is 697 g/mol. The molecule has 0 N–H and O–H groups in total. The lowest BCUT2D eigenvalue weighted by molar-refractivity contribution is 0.104. The zero-order valence-corrected chi connectivity index (χ0v) is 30.7. The van der Waals surface area contributed by atoms with Gasteiger partial charge in [-0.3, -0.25) is 4.79 Å². The molecule has 0 bridgehead atoms. The number of carbonyl (C=O) groups excluding carboxylic acids is 1. The van der Waals surface area contributed by atoms with Gasteiger partial charge in [-0.2, -0.15) is 0 Å². The Morgan fingerprint density at radius 2 is 0.754 bits per heavy atom. The van der Waals surface area contributed by atoms with Crippen molar-refractivity contribution >= 4 is 27.6 Å². The summed E-state index contributed by atoms with van der Waals surface area (Å²) in [6, 6.07) is 66.2. The third-order valence-electron chi connectivity index (χ3n) is 11.0. The molecule has 5 heteroatoms. The molecule has 0 radical (unpaired) electrons. The van der Waals surface area contributed by atoms with Gasteiger partial charge in [0.25, 0.3) is 0 Å². The molecule has 0 atom stereocenters. The van der Waals surface area contributed by atoms with E-state index in [4.69, 9.17) is 15.0 Å². The second-order valence-corrected chi connectivity index (χ2v) is 14.3. The maximum absolute atomic E-state index is 14.3.